The van der Waals surface area contributed by atoms with E-state index in [1.807, 2.05) is 14.0 Å². The second kappa shape index (κ2) is 6.01. The molecule has 1 atom stereocenters. The Hall–Kier alpha value is -0.870. The maximum absolute atomic E-state index is 11.6. The summed E-state index contributed by atoms with van der Waals surface area (Å²) in [4.78, 5) is 14.6. The zero-order chi connectivity index (χ0) is 12.1. The normalized spacial score (nSPS) is 12.5. The summed E-state index contributed by atoms with van der Waals surface area (Å²) in [5, 5.41) is 5.35. The lowest BCUT2D eigenvalue weighted by Gasteiger charge is -2.17. The second-order valence-corrected chi connectivity index (χ2v) is 4.93. The summed E-state index contributed by atoms with van der Waals surface area (Å²) in [5.74, 6) is 0.142. The SMILES string of the molecule is CCN(C)C(=O)CNC(C)c1sccc1C. The van der Waals surface area contributed by atoms with Gasteiger partial charge in [-0.1, -0.05) is 0 Å². The molecule has 1 aromatic heterocycles. The van der Waals surface area contributed by atoms with Crippen LogP contribution in [0.15, 0.2) is 11.4 Å². The van der Waals surface area contributed by atoms with Crippen molar-refractivity contribution in [2.75, 3.05) is 20.1 Å². The minimum absolute atomic E-state index is 0.142. The molecule has 1 N–H and O–H groups in total. The number of carbonyl (C=O) groups is 1. The molecule has 0 aliphatic carbocycles. The van der Waals surface area contributed by atoms with Gasteiger partial charge in [-0.15, -0.1) is 11.3 Å². The first-order valence-corrected chi connectivity index (χ1v) is 6.45. The molecule has 0 saturated carbocycles. The Bertz CT molecular complexity index is 349. The monoisotopic (exact) mass is 240 g/mol. The van der Waals surface area contributed by atoms with Gasteiger partial charge in [0.2, 0.25) is 5.91 Å². The molecule has 0 spiro atoms. The van der Waals surface area contributed by atoms with Gasteiger partial charge in [0.05, 0.1) is 6.54 Å². The Morgan fingerprint density at radius 3 is 2.81 bits per heavy atom. The predicted molar refractivity (Wildman–Crippen MR) is 68.8 cm³/mol. The van der Waals surface area contributed by atoms with Crippen molar-refractivity contribution in [1.82, 2.24) is 10.2 Å². The highest BCUT2D eigenvalue weighted by atomic mass is 32.1. The van der Waals surface area contributed by atoms with Crippen molar-refractivity contribution in [3.63, 3.8) is 0 Å². The Morgan fingerprint density at radius 2 is 2.31 bits per heavy atom. The largest absolute Gasteiger partial charge is 0.345 e. The summed E-state index contributed by atoms with van der Waals surface area (Å²) >= 11 is 1.74. The van der Waals surface area contributed by atoms with Gasteiger partial charge < -0.3 is 10.2 Å². The highest BCUT2D eigenvalue weighted by Crippen LogP contribution is 2.22. The van der Waals surface area contributed by atoms with Crippen molar-refractivity contribution in [2.45, 2.75) is 26.8 Å². The number of rotatable bonds is 5. The molecule has 0 fully saturated rings. The van der Waals surface area contributed by atoms with Crippen LogP contribution in [0.1, 0.15) is 30.3 Å². The van der Waals surface area contributed by atoms with E-state index in [0.717, 1.165) is 6.54 Å². The Morgan fingerprint density at radius 1 is 1.62 bits per heavy atom. The molecule has 1 rings (SSSR count). The van der Waals surface area contributed by atoms with Gasteiger partial charge >= 0.3 is 0 Å². The van der Waals surface area contributed by atoms with E-state index in [-0.39, 0.29) is 11.9 Å². The number of hydrogen-bond donors (Lipinski definition) is 1. The van der Waals surface area contributed by atoms with Crippen LogP contribution in [0.5, 0.6) is 0 Å². The van der Waals surface area contributed by atoms with Crippen LogP contribution in [0.3, 0.4) is 0 Å². The average Bonchev–Trinajstić information content (AvgIpc) is 2.70. The third-order valence-electron chi connectivity index (χ3n) is 2.75. The molecule has 0 aliphatic rings. The summed E-state index contributed by atoms with van der Waals surface area (Å²) in [6.45, 7) is 7.34. The van der Waals surface area contributed by atoms with Crippen molar-refractivity contribution in [3.05, 3.63) is 21.9 Å². The van der Waals surface area contributed by atoms with E-state index in [0.29, 0.717) is 6.54 Å². The lowest BCUT2D eigenvalue weighted by atomic mass is 10.2. The van der Waals surface area contributed by atoms with Crippen LogP contribution < -0.4 is 5.32 Å². The van der Waals surface area contributed by atoms with Crippen molar-refractivity contribution < 1.29 is 4.79 Å². The van der Waals surface area contributed by atoms with Gasteiger partial charge in [0.15, 0.2) is 0 Å². The van der Waals surface area contributed by atoms with E-state index >= 15 is 0 Å². The van der Waals surface area contributed by atoms with E-state index in [1.54, 1.807) is 16.2 Å². The third-order valence-corrected chi connectivity index (χ3v) is 3.96. The molecular weight excluding hydrogens is 220 g/mol. The van der Waals surface area contributed by atoms with E-state index in [9.17, 15) is 4.79 Å². The van der Waals surface area contributed by atoms with Crippen LogP contribution in [0.25, 0.3) is 0 Å². The van der Waals surface area contributed by atoms with E-state index in [4.69, 9.17) is 0 Å². The van der Waals surface area contributed by atoms with Gasteiger partial charge in [0, 0.05) is 24.5 Å². The number of aryl methyl sites for hydroxylation is 1. The first-order chi connectivity index (χ1) is 7.56. The smallest absolute Gasteiger partial charge is 0.236 e. The number of nitrogens with zero attached hydrogens (tertiary/aromatic N) is 1. The van der Waals surface area contributed by atoms with E-state index in [2.05, 4.69) is 30.6 Å². The molecule has 1 heterocycles. The first kappa shape index (κ1) is 13.2. The van der Waals surface area contributed by atoms with Gasteiger partial charge in [-0.2, -0.15) is 0 Å². The lowest BCUT2D eigenvalue weighted by Crippen LogP contribution is -2.36. The van der Waals surface area contributed by atoms with Crippen LogP contribution in [0.4, 0.5) is 0 Å². The quantitative estimate of drug-likeness (QED) is 0.855. The van der Waals surface area contributed by atoms with Crippen molar-refractivity contribution in [3.8, 4) is 0 Å². The molecule has 0 aliphatic heterocycles. The highest BCUT2D eigenvalue weighted by Gasteiger charge is 2.12. The topological polar surface area (TPSA) is 32.3 Å². The van der Waals surface area contributed by atoms with Gasteiger partial charge in [-0.3, -0.25) is 4.79 Å². The van der Waals surface area contributed by atoms with Crippen LogP contribution in [-0.4, -0.2) is 30.9 Å². The summed E-state index contributed by atoms with van der Waals surface area (Å²) in [7, 11) is 1.82. The predicted octanol–water partition coefficient (Wildman–Crippen LogP) is 2.19. The fourth-order valence-corrected chi connectivity index (χ4v) is 2.43. The van der Waals surface area contributed by atoms with Crippen molar-refractivity contribution >= 4 is 17.2 Å². The average molecular weight is 240 g/mol. The van der Waals surface area contributed by atoms with E-state index < -0.39 is 0 Å². The molecule has 1 amide bonds. The van der Waals surface area contributed by atoms with Crippen LogP contribution in [0.2, 0.25) is 0 Å². The van der Waals surface area contributed by atoms with Gasteiger partial charge in [0.1, 0.15) is 0 Å². The standard InChI is InChI=1S/C12H20N2OS/c1-5-14(4)11(15)8-13-10(3)12-9(2)6-7-16-12/h6-7,10,13H,5,8H2,1-4H3. The molecule has 90 valence electrons. The Labute approximate surface area is 101 Å². The zero-order valence-corrected chi connectivity index (χ0v) is 11.2. The Kier molecular flexibility index (Phi) is 4.96. The number of amides is 1. The molecule has 0 radical (unpaired) electrons. The Balaban J connectivity index is 2.45. The molecule has 1 aromatic rings. The molecule has 16 heavy (non-hydrogen) atoms. The number of thiophene rings is 1. The maximum atomic E-state index is 11.6. The third kappa shape index (κ3) is 3.32. The van der Waals surface area contributed by atoms with Crippen LogP contribution in [-0.2, 0) is 4.79 Å². The molecule has 1 unspecified atom stereocenters. The van der Waals surface area contributed by atoms with E-state index in [1.165, 1.54) is 10.4 Å². The maximum Gasteiger partial charge on any atom is 0.236 e. The number of hydrogen-bond acceptors (Lipinski definition) is 3. The summed E-state index contributed by atoms with van der Waals surface area (Å²) < 4.78 is 0. The first-order valence-electron chi connectivity index (χ1n) is 5.57. The van der Waals surface area contributed by atoms with Gasteiger partial charge in [-0.25, -0.2) is 0 Å². The van der Waals surface area contributed by atoms with Crippen LogP contribution in [0, 0.1) is 6.92 Å². The molecule has 0 bridgehead atoms. The van der Waals surface area contributed by atoms with Crippen molar-refractivity contribution in [2.24, 2.45) is 0 Å². The van der Waals surface area contributed by atoms with Gasteiger partial charge in [-0.05, 0) is 37.8 Å². The molecule has 0 saturated heterocycles. The molecule has 3 nitrogen and oxygen atoms in total. The summed E-state index contributed by atoms with van der Waals surface area (Å²) in [5.41, 5.74) is 1.29. The molecule has 4 heteroatoms. The summed E-state index contributed by atoms with van der Waals surface area (Å²) in [6.07, 6.45) is 0. The zero-order valence-electron chi connectivity index (χ0n) is 10.4. The minimum atomic E-state index is 0.142. The molecule has 0 aromatic carbocycles. The summed E-state index contributed by atoms with van der Waals surface area (Å²) in [6, 6.07) is 2.35. The highest BCUT2D eigenvalue weighted by molar-refractivity contribution is 7.10. The minimum Gasteiger partial charge on any atom is -0.345 e. The fraction of sp³-hybridized carbons (Fsp3) is 0.583. The van der Waals surface area contributed by atoms with Crippen molar-refractivity contribution in [1.29, 1.82) is 0 Å². The number of carbonyl (C=O) groups excluding carboxylic acids is 1. The van der Waals surface area contributed by atoms with Crippen LogP contribution >= 0.6 is 11.3 Å². The number of nitrogens with one attached hydrogen (secondary N) is 1. The number of likely N-dealkylation sites (N-methyl/N-ethyl adjacent to an activating group) is 1. The fourth-order valence-electron chi connectivity index (χ4n) is 1.47. The second-order valence-electron chi connectivity index (χ2n) is 3.98. The van der Waals surface area contributed by atoms with Gasteiger partial charge in [0.25, 0.3) is 0 Å². The molecular formula is C12H20N2OS. The lowest BCUT2D eigenvalue weighted by molar-refractivity contribution is -0.128.